The monoisotopic (exact) mass is 265 g/mol. The van der Waals surface area contributed by atoms with E-state index in [0.29, 0.717) is 21.3 Å². The van der Waals surface area contributed by atoms with Crippen molar-refractivity contribution in [1.29, 1.82) is 0 Å². The highest BCUT2D eigenvalue weighted by Crippen LogP contribution is 2.25. The highest BCUT2D eigenvalue weighted by Gasteiger charge is 2.08. The number of hydrogen-bond donors (Lipinski definition) is 1. The van der Waals surface area contributed by atoms with Gasteiger partial charge < -0.3 is 5.32 Å². The van der Waals surface area contributed by atoms with Gasteiger partial charge >= 0.3 is 0 Å². The number of amides is 1. The molecular formula is C13H9Cl2NO. The molecule has 0 spiro atoms. The molecule has 2 nitrogen and oxygen atoms in total. The van der Waals surface area contributed by atoms with Crippen molar-refractivity contribution in [3.8, 4) is 0 Å². The van der Waals surface area contributed by atoms with Crippen LogP contribution in [0, 0.1) is 0 Å². The molecule has 0 aliphatic rings. The molecule has 0 aromatic heterocycles. The molecule has 0 unspecified atom stereocenters. The van der Waals surface area contributed by atoms with E-state index in [4.69, 9.17) is 23.2 Å². The molecule has 0 saturated carbocycles. The largest absolute Gasteiger partial charge is 0.321 e. The first kappa shape index (κ1) is 12.0. The Kier molecular flexibility index (Phi) is 3.67. The normalized spacial score (nSPS) is 10.0. The van der Waals surface area contributed by atoms with Crippen molar-refractivity contribution < 1.29 is 4.79 Å². The summed E-state index contributed by atoms with van der Waals surface area (Å²) in [6.07, 6.45) is 0. The van der Waals surface area contributed by atoms with Crippen molar-refractivity contribution >= 4 is 34.8 Å². The van der Waals surface area contributed by atoms with Crippen LogP contribution in [0.15, 0.2) is 48.5 Å². The Hall–Kier alpha value is -1.51. The van der Waals surface area contributed by atoms with E-state index in [-0.39, 0.29) is 5.91 Å². The number of nitrogens with one attached hydrogen (secondary N) is 1. The van der Waals surface area contributed by atoms with E-state index in [1.54, 1.807) is 42.5 Å². The summed E-state index contributed by atoms with van der Waals surface area (Å²) in [5, 5.41) is 3.69. The molecule has 0 aliphatic carbocycles. The molecule has 4 heteroatoms. The zero-order valence-corrected chi connectivity index (χ0v) is 10.3. The summed E-state index contributed by atoms with van der Waals surface area (Å²) in [6, 6.07) is 13.8. The predicted molar refractivity (Wildman–Crippen MR) is 70.9 cm³/mol. The minimum Gasteiger partial charge on any atom is -0.321 e. The Labute approximate surface area is 109 Å². The summed E-state index contributed by atoms with van der Waals surface area (Å²) < 4.78 is 0. The molecule has 17 heavy (non-hydrogen) atoms. The number of benzene rings is 2. The second-order valence-corrected chi connectivity index (χ2v) is 4.29. The lowest BCUT2D eigenvalue weighted by Crippen LogP contribution is -2.11. The van der Waals surface area contributed by atoms with Gasteiger partial charge in [0, 0.05) is 10.6 Å². The molecule has 0 fully saturated rings. The van der Waals surface area contributed by atoms with Crippen molar-refractivity contribution in [2.45, 2.75) is 0 Å². The molecule has 0 heterocycles. The smallest absolute Gasteiger partial charge is 0.255 e. The Morgan fingerprint density at radius 2 is 1.71 bits per heavy atom. The van der Waals surface area contributed by atoms with Gasteiger partial charge in [0.15, 0.2) is 0 Å². The van der Waals surface area contributed by atoms with Crippen LogP contribution in [0.3, 0.4) is 0 Å². The van der Waals surface area contributed by atoms with E-state index in [9.17, 15) is 4.79 Å². The Balaban J connectivity index is 2.22. The first-order valence-corrected chi connectivity index (χ1v) is 5.74. The molecule has 1 N–H and O–H groups in total. The van der Waals surface area contributed by atoms with E-state index in [1.165, 1.54) is 0 Å². The first-order chi connectivity index (χ1) is 8.16. The second kappa shape index (κ2) is 5.21. The molecule has 0 aliphatic heterocycles. The Bertz CT molecular complexity index is 540. The molecule has 0 saturated heterocycles. The van der Waals surface area contributed by atoms with E-state index in [2.05, 4.69) is 5.32 Å². The topological polar surface area (TPSA) is 29.1 Å². The van der Waals surface area contributed by atoms with Gasteiger partial charge in [0.25, 0.3) is 5.91 Å². The lowest BCUT2D eigenvalue weighted by atomic mass is 10.2. The summed E-state index contributed by atoms with van der Waals surface area (Å²) in [4.78, 5) is 11.9. The average Bonchev–Trinajstić information content (AvgIpc) is 2.35. The van der Waals surface area contributed by atoms with Crippen LogP contribution in [-0.4, -0.2) is 5.91 Å². The number of carbonyl (C=O) groups excluding carboxylic acids is 1. The number of anilines is 1. The van der Waals surface area contributed by atoms with Crippen molar-refractivity contribution in [3.05, 3.63) is 64.1 Å². The van der Waals surface area contributed by atoms with Crippen LogP contribution in [0.2, 0.25) is 10.0 Å². The predicted octanol–water partition coefficient (Wildman–Crippen LogP) is 4.25. The zero-order valence-electron chi connectivity index (χ0n) is 8.78. The van der Waals surface area contributed by atoms with Crippen molar-refractivity contribution in [3.63, 3.8) is 0 Å². The minimum atomic E-state index is -0.213. The third kappa shape index (κ3) is 2.99. The third-order valence-electron chi connectivity index (χ3n) is 2.21. The summed E-state index contributed by atoms with van der Waals surface area (Å²) in [6.45, 7) is 0. The maximum Gasteiger partial charge on any atom is 0.255 e. The maximum atomic E-state index is 11.9. The standard InChI is InChI=1S/C13H9Cl2NO/c14-10-6-7-11(15)12(8-10)16-13(17)9-4-2-1-3-5-9/h1-8H,(H,16,17). The lowest BCUT2D eigenvalue weighted by Gasteiger charge is -2.07. The second-order valence-electron chi connectivity index (χ2n) is 3.44. The fraction of sp³-hybridized carbons (Fsp3) is 0. The summed E-state index contributed by atoms with van der Waals surface area (Å²) >= 11 is 11.8. The first-order valence-electron chi connectivity index (χ1n) is 4.98. The summed E-state index contributed by atoms with van der Waals surface area (Å²) in [7, 11) is 0. The molecule has 2 aromatic carbocycles. The van der Waals surface area contributed by atoms with Crippen LogP contribution in [0.4, 0.5) is 5.69 Å². The minimum absolute atomic E-state index is 0.213. The van der Waals surface area contributed by atoms with Gasteiger partial charge in [-0.25, -0.2) is 0 Å². The van der Waals surface area contributed by atoms with Crippen LogP contribution in [0.1, 0.15) is 10.4 Å². The fourth-order valence-electron chi connectivity index (χ4n) is 1.38. The SMILES string of the molecule is O=C(Nc1cc(Cl)ccc1Cl)c1ccccc1. The highest BCUT2D eigenvalue weighted by atomic mass is 35.5. The molecule has 0 radical (unpaired) electrons. The number of carbonyl (C=O) groups is 1. The van der Waals surface area contributed by atoms with Gasteiger partial charge in [-0.2, -0.15) is 0 Å². The third-order valence-corrected chi connectivity index (χ3v) is 2.78. The van der Waals surface area contributed by atoms with E-state index in [0.717, 1.165) is 0 Å². The molecule has 2 rings (SSSR count). The highest BCUT2D eigenvalue weighted by molar-refractivity contribution is 6.35. The summed E-state index contributed by atoms with van der Waals surface area (Å²) in [5.74, 6) is -0.213. The number of rotatable bonds is 2. The average molecular weight is 266 g/mol. The van der Waals surface area contributed by atoms with E-state index < -0.39 is 0 Å². The fourth-order valence-corrected chi connectivity index (χ4v) is 1.71. The van der Waals surface area contributed by atoms with Crippen LogP contribution in [-0.2, 0) is 0 Å². The van der Waals surface area contributed by atoms with Gasteiger partial charge in [-0.1, -0.05) is 41.4 Å². The van der Waals surface area contributed by atoms with E-state index in [1.807, 2.05) is 6.07 Å². The molecule has 0 bridgehead atoms. The summed E-state index contributed by atoms with van der Waals surface area (Å²) in [5.41, 5.74) is 1.08. The van der Waals surface area contributed by atoms with Crippen molar-refractivity contribution in [2.75, 3.05) is 5.32 Å². The maximum absolute atomic E-state index is 11.9. The number of halogens is 2. The molecule has 2 aromatic rings. The molecule has 86 valence electrons. The lowest BCUT2D eigenvalue weighted by molar-refractivity contribution is 0.102. The van der Waals surface area contributed by atoms with Crippen molar-refractivity contribution in [1.82, 2.24) is 0 Å². The van der Waals surface area contributed by atoms with Crippen molar-refractivity contribution in [2.24, 2.45) is 0 Å². The molecular weight excluding hydrogens is 257 g/mol. The van der Waals surface area contributed by atoms with Crippen LogP contribution >= 0.6 is 23.2 Å². The van der Waals surface area contributed by atoms with Gasteiger partial charge in [-0.05, 0) is 30.3 Å². The van der Waals surface area contributed by atoms with Gasteiger partial charge in [-0.15, -0.1) is 0 Å². The van der Waals surface area contributed by atoms with Crippen LogP contribution in [0.25, 0.3) is 0 Å². The van der Waals surface area contributed by atoms with Crippen LogP contribution in [0.5, 0.6) is 0 Å². The Morgan fingerprint density at radius 3 is 2.41 bits per heavy atom. The molecule has 1 amide bonds. The van der Waals surface area contributed by atoms with Gasteiger partial charge in [0.1, 0.15) is 0 Å². The zero-order chi connectivity index (χ0) is 12.3. The molecule has 0 atom stereocenters. The number of hydrogen-bond acceptors (Lipinski definition) is 1. The van der Waals surface area contributed by atoms with Gasteiger partial charge in [0.2, 0.25) is 0 Å². The van der Waals surface area contributed by atoms with Gasteiger partial charge in [-0.3, -0.25) is 4.79 Å². The van der Waals surface area contributed by atoms with Crippen LogP contribution < -0.4 is 5.32 Å². The quantitative estimate of drug-likeness (QED) is 0.865. The van der Waals surface area contributed by atoms with Gasteiger partial charge in [0.05, 0.1) is 10.7 Å². The van der Waals surface area contributed by atoms with E-state index >= 15 is 0 Å². The Morgan fingerprint density at radius 1 is 1.00 bits per heavy atom.